The fourth-order valence-corrected chi connectivity index (χ4v) is 1.79. The molecule has 0 atom stereocenters. The summed E-state index contributed by atoms with van der Waals surface area (Å²) in [6.45, 7) is 2.84. The highest BCUT2D eigenvalue weighted by molar-refractivity contribution is 9.13. The molecule has 0 bridgehead atoms. The van der Waals surface area contributed by atoms with E-state index in [4.69, 9.17) is 4.42 Å². The summed E-state index contributed by atoms with van der Waals surface area (Å²) in [5, 5.41) is 3.12. The molecule has 0 radical (unpaired) electrons. The van der Waals surface area contributed by atoms with Crippen molar-refractivity contribution >= 4 is 37.7 Å². The van der Waals surface area contributed by atoms with Gasteiger partial charge in [0.25, 0.3) is 0 Å². The molecule has 2 rings (SSSR count). The molecule has 0 aliphatic heterocycles. The van der Waals surface area contributed by atoms with Crippen LogP contribution in [0.25, 0.3) is 11.6 Å². The molecule has 4 nitrogen and oxygen atoms in total. The lowest BCUT2D eigenvalue weighted by molar-refractivity contribution is 0.549. The predicted octanol–water partition coefficient (Wildman–Crippen LogP) is 3.69. The van der Waals surface area contributed by atoms with Crippen LogP contribution >= 0.6 is 31.9 Å². The van der Waals surface area contributed by atoms with Crippen molar-refractivity contribution < 1.29 is 4.42 Å². The molecule has 0 aliphatic carbocycles. The van der Waals surface area contributed by atoms with E-state index in [2.05, 4.69) is 47.1 Å². The molecule has 1 N–H and O–H groups in total. The van der Waals surface area contributed by atoms with Crippen LogP contribution in [-0.2, 0) is 0 Å². The minimum absolute atomic E-state index is 0.560. The van der Waals surface area contributed by atoms with Crippen LogP contribution < -0.4 is 5.32 Å². The Morgan fingerprint density at radius 1 is 1.44 bits per heavy atom. The summed E-state index contributed by atoms with van der Waals surface area (Å²) in [5.41, 5.74) is 0. The van der Waals surface area contributed by atoms with E-state index in [1.54, 1.807) is 6.20 Å². The lowest BCUT2D eigenvalue weighted by Crippen LogP contribution is -2.00. The van der Waals surface area contributed by atoms with Gasteiger partial charge in [-0.1, -0.05) is 0 Å². The van der Waals surface area contributed by atoms with E-state index in [9.17, 15) is 0 Å². The number of halogens is 2. The monoisotopic (exact) mass is 345 g/mol. The summed E-state index contributed by atoms with van der Waals surface area (Å²) in [5.74, 6) is 1.97. The zero-order valence-corrected chi connectivity index (χ0v) is 11.7. The van der Waals surface area contributed by atoms with Gasteiger partial charge in [-0.05, 0) is 44.8 Å². The molecule has 0 unspecified atom stereocenters. The van der Waals surface area contributed by atoms with E-state index in [0.29, 0.717) is 16.3 Å². The van der Waals surface area contributed by atoms with Crippen LogP contribution in [0.5, 0.6) is 0 Å². The lowest BCUT2D eigenvalue weighted by Gasteiger charge is -2.02. The van der Waals surface area contributed by atoms with E-state index in [-0.39, 0.29) is 0 Å². The first-order chi connectivity index (χ1) is 7.70. The van der Waals surface area contributed by atoms with Crippen LogP contribution in [0.4, 0.5) is 5.82 Å². The summed E-state index contributed by atoms with van der Waals surface area (Å²) >= 11 is 6.63. The quantitative estimate of drug-likeness (QED) is 0.920. The molecule has 0 spiro atoms. The number of furan rings is 1. The Morgan fingerprint density at radius 2 is 2.25 bits per heavy atom. The Kier molecular flexibility index (Phi) is 3.60. The van der Waals surface area contributed by atoms with Gasteiger partial charge in [-0.3, -0.25) is 0 Å². The normalized spacial score (nSPS) is 10.4. The predicted molar refractivity (Wildman–Crippen MR) is 69.3 cm³/mol. The van der Waals surface area contributed by atoms with Gasteiger partial charge >= 0.3 is 0 Å². The van der Waals surface area contributed by atoms with Gasteiger partial charge in [-0.15, -0.1) is 0 Å². The molecular formula is C10H9Br2N3O. The first-order valence-electron chi connectivity index (χ1n) is 4.73. The molecule has 2 heterocycles. The third-order valence-corrected chi connectivity index (χ3v) is 3.59. The largest absolute Gasteiger partial charge is 0.445 e. The van der Waals surface area contributed by atoms with E-state index in [0.717, 1.165) is 16.8 Å². The van der Waals surface area contributed by atoms with Crippen molar-refractivity contribution in [2.75, 3.05) is 11.9 Å². The van der Waals surface area contributed by atoms with Crippen molar-refractivity contribution in [2.45, 2.75) is 6.92 Å². The van der Waals surface area contributed by atoms with Gasteiger partial charge in [0, 0.05) is 18.8 Å². The zero-order valence-electron chi connectivity index (χ0n) is 8.50. The van der Waals surface area contributed by atoms with Crippen molar-refractivity contribution in [1.29, 1.82) is 0 Å². The number of hydrogen-bond donors (Lipinski definition) is 1. The smallest absolute Gasteiger partial charge is 0.197 e. The third kappa shape index (κ3) is 2.44. The average Bonchev–Trinajstić information content (AvgIpc) is 2.60. The van der Waals surface area contributed by atoms with Crippen molar-refractivity contribution in [3.05, 3.63) is 27.5 Å². The van der Waals surface area contributed by atoms with Gasteiger partial charge in [0.05, 0.1) is 4.47 Å². The molecule has 0 fully saturated rings. The highest BCUT2D eigenvalue weighted by Gasteiger charge is 2.10. The summed E-state index contributed by atoms with van der Waals surface area (Å²) in [6.07, 6.45) is 1.70. The topological polar surface area (TPSA) is 51.0 Å². The maximum absolute atomic E-state index is 5.45. The maximum Gasteiger partial charge on any atom is 0.197 e. The number of anilines is 1. The molecule has 0 aliphatic rings. The molecule has 0 amide bonds. The third-order valence-electron chi connectivity index (χ3n) is 1.88. The van der Waals surface area contributed by atoms with Crippen LogP contribution in [0.3, 0.4) is 0 Å². The first kappa shape index (κ1) is 11.6. The molecule has 0 saturated carbocycles. The maximum atomic E-state index is 5.45. The summed E-state index contributed by atoms with van der Waals surface area (Å²) in [7, 11) is 0. The number of aromatic nitrogens is 2. The fraction of sp³-hybridized carbons (Fsp3) is 0.200. The molecule has 16 heavy (non-hydrogen) atoms. The van der Waals surface area contributed by atoms with Crippen LogP contribution in [0.15, 0.2) is 31.9 Å². The van der Waals surface area contributed by atoms with Crippen molar-refractivity contribution in [1.82, 2.24) is 9.97 Å². The highest BCUT2D eigenvalue weighted by atomic mass is 79.9. The Morgan fingerprint density at radius 3 is 2.88 bits per heavy atom. The van der Waals surface area contributed by atoms with E-state index < -0.39 is 0 Å². The number of hydrogen-bond acceptors (Lipinski definition) is 4. The lowest BCUT2D eigenvalue weighted by atomic mass is 10.4. The zero-order chi connectivity index (χ0) is 11.5. The van der Waals surface area contributed by atoms with Crippen molar-refractivity contribution in [3.8, 4) is 11.6 Å². The van der Waals surface area contributed by atoms with Gasteiger partial charge < -0.3 is 9.73 Å². The summed E-state index contributed by atoms with van der Waals surface area (Å²) in [4.78, 5) is 8.49. The van der Waals surface area contributed by atoms with Crippen molar-refractivity contribution in [3.63, 3.8) is 0 Å². The average molecular weight is 347 g/mol. The van der Waals surface area contributed by atoms with Gasteiger partial charge in [0.15, 0.2) is 16.3 Å². The highest BCUT2D eigenvalue weighted by Crippen LogP contribution is 2.31. The van der Waals surface area contributed by atoms with Gasteiger partial charge in [-0.2, -0.15) is 0 Å². The van der Waals surface area contributed by atoms with Gasteiger partial charge in [0.2, 0.25) is 0 Å². The number of nitrogens with one attached hydrogen (secondary N) is 1. The second kappa shape index (κ2) is 4.97. The van der Waals surface area contributed by atoms with Gasteiger partial charge in [-0.25, -0.2) is 9.97 Å². The Bertz CT molecular complexity index is 479. The summed E-state index contributed by atoms with van der Waals surface area (Å²) < 4.78 is 6.94. The molecule has 84 valence electrons. The molecule has 0 saturated heterocycles. The molecule has 2 aromatic rings. The molecule has 2 aromatic heterocycles. The Labute approximate surface area is 110 Å². The van der Waals surface area contributed by atoms with Crippen molar-refractivity contribution in [2.24, 2.45) is 0 Å². The molecular weight excluding hydrogens is 338 g/mol. The Balaban J connectivity index is 2.36. The van der Waals surface area contributed by atoms with Gasteiger partial charge in [0.1, 0.15) is 5.82 Å². The fourth-order valence-electron chi connectivity index (χ4n) is 1.21. The Hall–Kier alpha value is -0.880. The van der Waals surface area contributed by atoms with E-state index in [1.165, 1.54) is 0 Å². The molecule has 0 aromatic carbocycles. The second-order valence-electron chi connectivity index (χ2n) is 3.03. The van der Waals surface area contributed by atoms with Crippen LogP contribution in [0.2, 0.25) is 0 Å². The standard InChI is InChI=1S/C10H9Br2N3O/c1-2-13-8-3-4-14-10(15-8)7-5-6(11)9(12)16-7/h3-5H,2H2,1H3,(H,13,14,15). The van der Waals surface area contributed by atoms with Crippen LogP contribution in [0, 0.1) is 0 Å². The van der Waals surface area contributed by atoms with Crippen LogP contribution in [0.1, 0.15) is 6.92 Å². The second-order valence-corrected chi connectivity index (χ2v) is 4.60. The summed E-state index contributed by atoms with van der Waals surface area (Å²) in [6, 6.07) is 3.65. The van der Waals surface area contributed by atoms with E-state index >= 15 is 0 Å². The number of rotatable bonds is 3. The minimum atomic E-state index is 0.560. The minimum Gasteiger partial charge on any atom is -0.445 e. The first-order valence-corrected chi connectivity index (χ1v) is 6.31. The van der Waals surface area contributed by atoms with Crippen LogP contribution in [-0.4, -0.2) is 16.5 Å². The number of nitrogens with zero attached hydrogens (tertiary/aromatic N) is 2. The molecule has 6 heteroatoms. The SMILES string of the molecule is CCNc1ccnc(-c2cc(Br)c(Br)o2)n1. The van der Waals surface area contributed by atoms with E-state index in [1.807, 2.05) is 19.1 Å².